The van der Waals surface area contributed by atoms with Gasteiger partial charge in [-0.1, -0.05) is 72.8 Å². The standard InChI is InChI=1S/C30H31N3O2/c34-29(31-23-15-17-32(18-16-23)20-21-8-2-1-3-9-21)27-25-12-6-7-13-26(25)30(35)33-19-14-22-10-4-5-11-24(22)28(27)33/h1-13,23,27-28H,14-20H2,(H,31,34)/t27-,28+/m0/s1. The number of amides is 2. The van der Waals surface area contributed by atoms with Crippen LogP contribution in [0.25, 0.3) is 0 Å². The molecule has 1 N–H and O–H groups in total. The van der Waals surface area contributed by atoms with E-state index in [0.717, 1.165) is 50.0 Å². The average Bonchev–Trinajstić information content (AvgIpc) is 2.90. The van der Waals surface area contributed by atoms with Crippen LogP contribution in [-0.2, 0) is 17.8 Å². The number of likely N-dealkylation sites (tertiary alicyclic amines) is 1. The lowest BCUT2D eigenvalue weighted by atomic mass is 9.75. The average molecular weight is 466 g/mol. The third-order valence-corrected chi connectivity index (χ3v) is 7.90. The Balaban J connectivity index is 1.22. The highest BCUT2D eigenvalue weighted by Gasteiger charge is 2.46. The van der Waals surface area contributed by atoms with Gasteiger partial charge in [0.05, 0.1) is 12.0 Å². The molecule has 35 heavy (non-hydrogen) atoms. The predicted molar refractivity (Wildman–Crippen MR) is 136 cm³/mol. The number of piperidine rings is 1. The van der Waals surface area contributed by atoms with Crippen molar-refractivity contribution in [2.45, 2.75) is 43.8 Å². The Hall–Kier alpha value is -3.44. The van der Waals surface area contributed by atoms with Crippen LogP contribution < -0.4 is 5.32 Å². The molecule has 5 nitrogen and oxygen atoms in total. The molecule has 5 heteroatoms. The zero-order valence-electron chi connectivity index (χ0n) is 19.9. The van der Waals surface area contributed by atoms with Gasteiger partial charge in [-0.15, -0.1) is 0 Å². The molecule has 6 rings (SSSR count). The Labute approximate surface area is 206 Å². The van der Waals surface area contributed by atoms with Crippen molar-refractivity contribution in [1.29, 1.82) is 0 Å². The molecule has 3 aliphatic rings. The minimum Gasteiger partial charge on any atom is -0.353 e. The van der Waals surface area contributed by atoms with Crippen molar-refractivity contribution in [3.05, 3.63) is 107 Å². The molecule has 178 valence electrons. The van der Waals surface area contributed by atoms with E-state index in [1.165, 1.54) is 11.1 Å². The lowest BCUT2D eigenvalue weighted by Gasteiger charge is -2.45. The second kappa shape index (κ2) is 9.31. The van der Waals surface area contributed by atoms with Gasteiger partial charge in [-0.05, 0) is 47.6 Å². The fraction of sp³-hybridized carbons (Fsp3) is 0.333. The topological polar surface area (TPSA) is 52.7 Å². The van der Waals surface area contributed by atoms with E-state index in [1.807, 2.05) is 47.4 Å². The highest BCUT2D eigenvalue weighted by molar-refractivity contribution is 6.01. The van der Waals surface area contributed by atoms with E-state index in [9.17, 15) is 9.59 Å². The SMILES string of the molecule is O=C(NC1CCN(Cc2ccccc2)CC1)[C@H]1c2ccccc2C(=O)N2CCc3ccccc3[C@H]12. The molecule has 3 heterocycles. The molecule has 0 saturated carbocycles. The summed E-state index contributed by atoms with van der Waals surface area (Å²) in [5.41, 5.74) is 5.21. The maximum atomic E-state index is 13.9. The quantitative estimate of drug-likeness (QED) is 0.625. The third kappa shape index (κ3) is 4.14. The zero-order chi connectivity index (χ0) is 23.8. The molecule has 0 aliphatic carbocycles. The lowest BCUT2D eigenvalue weighted by molar-refractivity contribution is -0.125. The van der Waals surface area contributed by atoms with Crippen molar-refractivity contribution >= 4 is 11.8 Å². The van der Waals surface area contributed by atoms with E-state index < -0.39 is 5.92 Å². The molecule has 0 radical (unpaired) electrons. The Morgan fingerprint density at radius 3 is 2.31 bits per heavy atom. The molecule has 0 spiro atoms. The van der Waals surface area contributed by atoms with Crippen LogP contribution in [0, 0.1) is 0 Å². The molecular weight excluding hydrogens is 434 g/mol. The van der Waals surface area contributed by atoms with Crippen molar-refractivity contribution in [1.82, 2.24) is 15.1 Å². The van der Waals surface area contributed by atoms with Crippen molar-refractivity contribution in [2.75, 3.05) is 19.6 Å². The molecule has 0 aromatic heterocycles. The van der Waals surface area contributed by atoms with Gasteiger partial charge in [0.1, 0.15) is 0 Å². The Morgan fingerprint density at radius 2 is 1.51 bits per heavy atom. The zero-order valence-corrected chi connectivity index (χ0v) is 19.9. The molecule has 3 aromatic carbocycles. The second-order valence-corrected chi connectivity index (χ2v) is 10.0. The van der Waals surface area contributed by atoms with Crippen LogP contribution in [0.5, 0.6) is 0 Å². The van der Waals surface area contributed by atoms with E-state index in [2.05, 4.69) is 46.6 Å². The van der Waals surface area contributed by atoms with E-state index in [0.29, 0.717) is 12.1 Å². The number of benzene rings is 3. The number of hydrogen-bond donors (Lipinski definition) is 1. The van der Waals surface area contributed by atoms with Gasteiger partial charge in [0, 0.05) is 37.8 Å². The van der Waals surface area contributed by atoms with Crippen LogP contribution in [0.2, 0.25) is 0 Å². The van der Waals surface area contributed by atoms with Crippen molar-refractivity contribution < 1.29 is 9.59 Å². The number of carbonyl (C=O) groups is 2. The third-order valence-electron chi connectivity index (χ3n) is 7.90. The molecule has 2 atom stereocenters. The fourth-order valence-electron chi connectivity index (χ4n) is 6.13. The maximum Gasteiger partial charge on any atom is 0.254 e. The summed E-state index contributed by atoms with van der Waals surface area (Å²) in [4.78, 5) is 31.7. The molecule has 1 saturated heterocycles. The Kier molecular flexibility index (Phi) is 5.86. The van der Waals surface area contributed by atoms with Crippen LogP contribution in [-0.4, -0.2) is 47.3 Å². The van der Waals surface area contributed by atoms with Crippen LogP contribution in [0.4, 0.5) is 0 Å². The van der Waals surface area contributed by atoms with Crippen molar-refractivity contribution in [2.24, 2.45) is 0 Å². The minimum atomic E-state index is -0.396. The Morgan fingerprint density at radius 1 is 0.829 bits per heavy atom. The van der Waals surface area contributed by atoms with E-state index in [-0.39, 0.29) is 23.9 Å². The fourth-order valence-corrected chi connectivity index (χ4v) is 6.13. The van der Waals surface area contributed by atoms with Gasteiger partial charge < -0.3 is 10.2 Å². The highest BCUT2D eigenvalue weighted by Crippen LogP contribution is 2.46. The van der Waals surface area contributed by atoms with Crippen LogP contribution in [0.3, 0.4) is 0 Å². The van der Waals surface area contributed by atoms with Crippen molar-refractivity contribution in [3.63, 3.8) is 0 Å². The second-order valence-electron chi connectivity index (χ2n) is 10.0. The number of fused-ring (bicyclic) bond motifs is 4. The summed E-state index contributed by atoms with van der Waals surface area (Å²) in [6.07, 6.45) is 2.71. The molecule has 0 bridgehead atoms. The minimum absolute atomic E-state index is 0.0400. The summed E-state index contributed by atoms with van der Waals surface area (Å²) >= 11 is 0. The highest BCUT2D eigenvalue weighted by atomic mass is 16.2. The summed E-state index contributed by atoms with van der Waals surface area (Å²) < 4.78 is 0. The largest absolute Gasteiger partial charge is 0.353 e. The van der Waals surface area contributed by atoms with Gasteiger partial charge in [-0.25, -0.2) is 0 Å². The van der Waals surface area contributed by atoms with Crippen LogP contribution in [0.15, 0.2) is 78.9 Å². The number of carbonyl (C=O) groups excluding carboxylic acids is 2. The maximum absolute atomic E-state index is 13.9. The van der Waals surface area contributed by atoms with Crippen LogP contribution >= 0.6 is 0 Å². The number of hydrogen-bond acceptors (Lipinski definition) is 3. The van der Waals surface area contributed by atoms with Gasteiger partial charge in [0.15, 0.2) is 0 Å². The van der Waals surface area contributed by atoms with Crippen LogP contribution in [0.1, 0.15) is 57.4 Å². The monoisotopic (exact) mass is 465 g/mol. The summed E-state index contributed by atoms with van der Waals surface area (Å²) in [6, 6.07) is 26.4. The van der Waals surface area contributed by atoms with E-state index >= 15 is 0 Å². The van der Waals surface area contributed by atoms with Crippen molar-refractivity contribution in [3.8, 4) is 0 Å². The molecule has 1 fully saturated rings. The normalized spacial score (nSPS) is 22.2. The van der Waals surface area contributed by atoms with Gasteiger partial charge in [0.2, 0.25) is 5.91 Å². The predicted octanol–water partition coefficient (Wildman–Crippen LogP) is 4.30. The first-order chi connectivity index (χ1) is 17.2. The van der Waals surface area contributed by atoms with Gasteiger partial charge in [-0.3, -0.25) is 14.5 Å². The van der Waals surface area contributed by atoms with Gasteiger partial charge in [-0.2, -0.15) is 0 Å². The first-order valence-corrected chi connectivity index (χ1v) is 12.7. The number of nitrogens with zero attached hydrogens (tertiary/aromatic N) is 2. The molecule has 0 unspecified atom stereocenters. The smallest absolute Gasteiger partial charge is 0.254 e. The van der Waals surface area contributed by atoms with Gasteiger partial charge >= 0.3 is 0 Å². The molecular formula is C30H31N3O2. The molecule has 3 aromatic rings. The number of nitrogens with one attached hydrogen (secondary N) is 1. The van der Waals surface area contributed by atoms with Gasteiger partial charge in [0.25, 0.3) is 5.91 Å². The lowest BCUT2D eigenvalue weighted by Crippen LogP contribution is -2.52. The first kappa shape index (κ1) is 22.1. The summed E-state index contributed by atoms with van der Waals surface area (Å²) in [5.74, 6) is -0.316. The summed E-state index contributed by atoms with van der Waals surface area (Å²) in [6.45, 7) is 3.54. The Bertz CT molecular complexity index is 1230. The molecule has 2 amide bonds. The first-order valence-electron chi connectivity index (χ1n) is 12.7. The number of rotatable bonds is 4. The molecule has 3 aliphatic heterocycles. The summed E-state index contributed by atoms with van der Waals surface area (Å²) in [5, 5.41) is 3.39. The summed E-state index contributed by atoms with van der Waals surface area (Å²) in [7, 11) is 0. The van der Waals surface area contributed by atoms with E-state index in [1.54, 1.807) is 0 Å². The van der Waals surface area contributed by atoms with E-state index in [4.69, 9.17) is 0 Å².